The second kappa shape index (κ2) is 6.34. The van der Waals surface area contributed by atoms with Crippen molar-refractivity contribution in [1.82, 2.24) is 19.9 Å². The van der Waals surface area contributed by atoms with Crippen LogP contribution in [0.2, 0.25) is 5.28 Å². The van der Waals surface area contributed by atoms with Crippen molar-refractivity contribution in [1.29, 1.82) is 0 Å². The van der Waals surface area contributed by atoms with Crippen LogP contribution >= 0.6 is 11.6 Å². The number of aromatic nitrogens is 3. The summed E-state index contributed by atoms with van der Waals surface area (Å²) in [5, 5.41) is 3.13. The lowest BCUT2D eigenvalue weighted by atomic mass is 10.2. The minimum atomic E-state index is 0.235. The fraction of sp³-hybridized carbons (Fsp3) is 0.750. The molecule has 6 nitrogen and oxygen atoms in total. The average Bonchev–Trinajstić information content (AvgIpc) is 2.38. The first-order valence-corrected chi connectivity index (χ1v) is 7.03. The van der Waals surface area contributed by atoms with E-state index < -0.39 is 0 Å². The zero-order valence-electron chi connectivity index (χ0n) is 11.7. The van der Waals surface area contributed by atoms with Crippen molar-refractivity contribution >= 4 is 23.5 Å². The number of anilines is 2. The molecule has 0 spiro atoms. The van der Waals surface area contributed by atoms with Crippen LogP contribution in [0.25, 0.3) is 0 Å². The molecule has 0 atom stereocenters. The van der Waals surface area contributed by atoms with Gasteiger partial charge in [-0.2, -0.15) is 15.0 Å². The van der Waals surface area contributed by atoms with Gasteiger partial charge in [-0.05, 0) is 17.5 Å². The van der Waals surface area contributed by atoms with Gasteiger partial charge in [0, 0.05) is 39.8 Å². The van der Waals surface area contributed by atoms with Crippen molar-refractivity contribution in [2.24, 2.45) is 5.92 Å². The molecule has 0 amide bonds. The van der Waals surface area contributed by atoms with Gasteiger partial charge in [-0.1, -0.05) is 13.8 Å². The van der Waals surface area contributed by atoms with Gasteiger partial charge in [-0.15, -0.1) is 0 Å². The molecule has 7 heteroatoms. The van der Waals surface area contributed by atoms with E-state index in [1.165, 1.54) is 0 Å². The topological polar surface area (TPSA) is 57.2 Å². The summed E-state index contributed by atoms with van der Waals surface area (Å²) in [4.78, 5) is 17.2. The van der Waals surface area contributed by atoms with Crippen molar-refractivity contribution in [3.63, 3.8) is 0 Å². The van der Waals surface area contributed by atoms with Crippen LogP contribution in [0, 0.1) is 5.92 Å². The number of hydrogen-bond donors (Lipinski definition) is 1. The average molecular weight is 285 g/mol. The van der Waals surface area contributed by atoms with Crippen LogP contribution in [0.15, 0.2) is 0 Å². The predicted molar refractivity (Wildman–Crippen MR) is 77.9 cm³/mol. The minimum Gasteiger partial charge on any atom is -0.357 e. The Kier molecular flexibility index (Phi) is 4.76. The van der Waals surface area contributed by atoms with Crippen molar-refractivity contribution in [3.8, 4) is 0 Å². The standard InChI is InChI=1S/C12H21ClN6/c1-9(2)8-18-4-6-19(7-5-18)12-16-10(13)15-11(14-3)17-12/h9H,4-8H2,1-3H3,(H,14,15,16,17). The summed E-state index contributed by atoms with van der Waals surface area (Å²) in [6, 6.07) is 0. The second-order valence-corrected chi connectivity index (χ2v) is 5.50. The maximum Gasteiger partial charge on any atom is 0.231 e. The smallest absolute Gasteiger partial charge is 0.231 e. The molecular formula is C12H21ClN6. The molecule has 1 aliphatic heterocycles. The fourth-order valence-corrected chi connectivity index (χ4v) is 2.40. The van der Waals surface area contributed by atoms with Crippen LogP contribution in [0.5, 0.6) is 0 Å². The van der Waals surface area contributed by atoms with Crippen LogP contribution in [0.3, 0.4) is 0 Å². The molecule has 0 saturated carbocycles. The van der Waals surface area contributed by atoms with E-state index in [4.69, 9.17) is 11.6 Å². The molecule has 0 radical (unpaired) electrons. The van der Waals surface area contributed by atoms with Gasteiger partial charge < -0.3 is 10.2 Å². The fourth-order valence-electron chi connectivity index (χ4n) is 2.24. The normalized spacial score (nSPS) is 17.0. The number of nitrogens with one attached hydrogen (secondary N) is 1. The van der Waals surface area contributed by atoms with E-state index in [0.717, 1.165) is 32.7 Å². The van der Waals surface area contributed by atoms with Crippen LogP contribution in [-0.4, -0.2) is 59.6 Å². The molecule has 1 fully saturated rings. The maximum absolute atomic E-state index is 5.91. The number of rotatable bonds is 4. The zero-order chi connectivity index (χ0) is 13.8. The molecule has 0 bridgehead atoms. The lowest BCUT2D eigenvalue weighted by molar-refractivity contribution is 0.230. The molecule has 2 heterocycles. The van der Waals surface area contributed by atoms with Gasteiger partial charge in [0.05, 0.1) is 0 Å². The molecule has 1 N–H and O–H groups in total. The Morgan fingerprint density at radius 2 is 1.84 bits per heavy atom. The number of piperazine rings is 1. The van der Waals surface area contributed by atoms with Crippen LogP contribution in [-0.2, 0) is 0 Å². The largest absolute Gasteiger partial charge is 0.357 e. The zero-order valence-corrected chi connectivity index (χ0v) is 12.5. The highest BCUT2D eigenvalue weighted by Crippen LogP contribution is 2.15. The number of halogens is 1. The predicted octanol–water partition coefficient (Wildman–Crippen LogP) is 1.34. The molecule has 1 aliphatic rings. The summed E-state index contributed by atoms with van der Waals surface area (Å²) < 4.78 is 0. The Balaban J connectivity index is 1.99. The lowest BCUT2D eigenvalue weighted by Crippen LogP contribution is -2.48. The molecule has 0 aliphatic carbocycles. The van der Waals surface area contributed by atoms with Gasteiger partial charge in [-0.3, -0.25) is 4.90 Å². The molecule has 1 saturated heterocycles. The first kappa shape index (κ1) is 14.3. The minimum absolute atomic E-state index is 0.235. The van der Waals surface area contributed by atoms with E-state index in [-0.39, 0.29) is 5.28 Å². The summed E-state index contributed by atoms with van der Waals surface area (Å²) >= 11 is 5.91. The van der Waals surface area contributed by atoms with Crippen molar-refractivity contribution in [2.75, 3.05) is 50.0 Å². The summed E-state index contributed by atoms with van der Waals surface area (Å²) in [5.74, 6) is 1.88. The number of nitrogens with zero attached hydrogens (tertiary/aromatic N) is 5. The third kappa shape index (κ3) is 3.91. The van der Waals surface area contributed by atoms with Gasteiger partial charge >= 0.3 is 0 Å². The highest BCUT2D eigenvalue weighted by molar-refractivity contribution is 6.28. The first-order valence-electron chi connectivity index (χ1n) is 6.65. The molecule has 2 rings (SSSR count). The van der Waals surface area contributed by atoms with Crippen LogP contribution in [0.1, 0.15) is 13.8 Å². The molecule has 0 unspecified atom stereocenters. The molecule has 0 aromatic carbocycles. The van der Waals surface area contributed by atoms with Crippen molar-refractivity contribution < 1.29 is 0 Å². The Hall–Kier alpha value is -1.14. The molecule has 19 heavy (non-hydrogen) atoms. The van der Waals surface area contributed by atoms with E-state index in [1.54, 1.807) is 7.05 Å². The molecule has 1 aromatic rings. The summed E-state index contributed by atoms with van der Waals surface area (Å²) in [6.45, 7) is 9.57. The van der Waals surface area contributed by atoms with Gasteiger partial charge in [0.15, 0.2) is 0 Å². The summed E-state index contributed by atoms with van der Waals surface area (Å²) in [6.07, 6.45) is 0. The van der Waals surface area contributed by atoms with E-state index in [1.807, 2.05) is 0 Å². The Labute approximate surface area is 119 Å². The van der Waals surface area contributed by atoms with Crippen LogP contribution in [0.4, 0.5) is 11.9 Å². The Morgan fingerprint density at radius 1 is 1.16 bits per heavy atom. The van der Waals surface area contributed by atoms with Gasteiger partial charge in [0.2, 0.25) is 17.2 Å². The molecule has 1 aromatic heterocycles. The van der Waals surface area contributed by atoms with Gasteiger partial charge in [0.25, 0.3) is 0 Å². The van der Waals surface area contributed by atoms with Crippen molar-refractivity contribution in [2.45, 2.75) is 13.8 Å². The van der Waals surface area contributed by atoms with E-state index in [0.29, 0.717) is 17.8 Å². The number of hydrogen-bond acceptors (Lipinski definition) is 6. The van der Waals surface area contributed by atoms with Gasteiger partial charge in [0.1, 0.15) is 0 Å². The first-order chi connectivity index (χ1) is 9.08. The third-order valence-corrected chi connectivity index (χ3v) is 3.27. The van der Waals surface area contributed by atoms with Crippen LogP contribution < -0.4 is 10.2 Å². The highest BCUT2D eigenvalue weighted by Gasteiger charge is 2.20. The lowest BCUT2D eigenvalue weighted by Gasteiger charge is -2.35. The van der Waals surface area contributed by atoms with E-state index >= 15 is 0 Å². The van der Waals surface area contributed by atoms with E-state index in [9.17, 15) is 0 Å². The molecular weight excluding hydrogens is 264 g/mol. The summed E-state index contributed by atoms with van der Waals surface area (Å²) in [7, 11) is 1.77. The Bertz CT molecular complexity index is 417. The monoisotopic (exact) mass is 284 g/mol. The SMILES string of the molecule is CNc1nc(Cl)nc(N2CCN(CC(C)C)CC2)n1. The molecule has 106 valence electrons. The Morgan fingerprint density at radius 3 is 2.42 bits per heavy atom. The third-order valence-electron chi connectivity index (χ3n) is 3.10. The summed E-state index contributed by atoms with van der Waals surface area (Å²) in [5.41, 5.74) is 0. The second-order valence-electron chi connectivity index (χ2n) is 5.16. The van der Waals surface area contributed by atoms with Crippen molar-refractivity contribution in [3.05, 3.63) is 5.28 Å². The van der Waals surface area contributed by atoms with Gasteiger partial charge in [-0.25, -0.2) is 0 Å². The maximum atomic E-state index is 5.91. The van der Waals surface area contributed by atoms with E-state index in [2.05, 4.69) is 43.9 Å². The highest BCUT2D eigenvalue weighted by atomic mass is 35.5. The quantitative estimate of drug-likeness (QED) is 0.901.